The second kappa shape index (κ2) is 6.77. The minimum Gasteiger partial charge on any atom is -0.352 e. The van der Waals surface area contributed by atoms with Gasteiger partial charge in [-0.3, -0.25) is 4.79 Å². The lowest BCUT2D eigenvalue weighted by atomic mass is 10.1. The molecule has 2 nitrogen and oxygen atoms in total. The van der Waals surface area contributed by atoms with Gasteiger partial charge in [-0.25, -0.2) is 4.39 Å². The molecule has 0 fully saturated rings. The van der Waals surface area contributed by atoms with Crippen LogP contribution in [0.5, 0.6) is 0 Å². The number of hydrogen-bond donors (Lipinski definition) is 2. The summed E-state index contributed by atoms with van der Waals surface area (Å²) in [6.45, 7) is 0.500. The van der Waals surface area contributed by atoms with Crippen LogP contribution in [0.25, 0.3) is 0 Å². The van der Waals surface area contributed by atoms with Crippen molar-refractivity contribution in [1.82, 2.24) is 5.32 Å². The van der Waals surface area contributed by atoms with E-state index < -0.39 is 5.82 Å². The molecule has 0 atom stereocenters. The van der Waals surface area contributed by atoms with Crippen LogP contribution >= 0.6 is 24.2 Å². The lowest BCUT2D eigenvalue weighted by molar-refractivity contribution is 0.0954. The van der Waals surface area contributed by atoms with Gasteiger partial charge in [0, 0.05) is 22.0 Å². The molecule has 0 aliphatic rings. The molecule has 0 bridgehead atoms. The molecule has 0 unspecified atom stereocenters. The number of carbonyl (C=O) groups is 1. The number of halogens is 2. The molecule has 2 aromatic carbocycles. The highest BCUT2D eigenvalue weighted by molar-refractivity contribution is 7.80. The lowest BCUT2D eigenvalue weighted by Crippen LogP contribution is -2.25. The molecule has 1 amide bonds. The van der Waals surface area contributed by atoms with Gasteiger partial charge in [0.2, 0.25) is 0 Å². The SMILES string of the molecule is O=C(NCCc1ccc(Cl)cc1)c1ccc(F)c(S)c1. The first kappa shape index (κ1) is 14.9. The Hall–Kier alpha value is -1.52. The normalized spacial score (nSPS) is 10.3. The molecule has 0 radical (unpaired) electrons. The number of rotatable bonds is 4. The van der Waals surface area contributed by atoms with E-state index in [9.17, 15) is 9.18 Å². The lowest BCUT2D eigenvalue weighted by Gasteiger charge is -2.06. The van der Waals surface area contributed by atoms with Gasteiger partial charge in [-0.2, -0.15) is 0 Å². The molecule has 5 heteroatoms. The average Bonchev–Trinajstić information content (AvgIpc) is 2.44. The Bertz CT molecular complexity index is 616. The smallest absolute Gasteiger partial charge is 0.251 e. The first-order valence-corrected chi connectivity index (χ1v) is 6.90. The maximum Gasteiger partial charge on any atom is 0.251 e. The quantitative estimate of drug-likeness (QED) is 0.828. The summed E-state index contributed by atoms with van der Waals surface area (Å²) >= 11 is 9.75. The van der Waals surface area contributed by atoms with Crippen LogP contribution in [0.1, 0.15) is 15.9 Å². The fourth-order valence-corrected chi connectivity index (χ4v) is 2.07. The van der Waals surface area contributed by atoms with Gasteiger partial charge in [0.15, 0.2) is 0 Å². The highest BCUT2D eigenvalue weighted by atomic mass is 35.5. The molecule has 2 aromatic rings. The van der Waals surface area contributed by atoms with E-state index in [1.165, 1.54) is 18.2 Å². The Morgan fingerprint density at radius 3 is 2.55 bits per heavy atom. The summed E-state index contributed by atoms with van der Waals surface area (Å²) in [6, 6.07) is 11.5. The maximum atomic E-state index is 13.0. The van der Waals surface area contributed by atoms with E-state index in [0.717, 1.165) is 5.56 Å². The van der Waals surface area contributed by atoms with E-state index >= 15 is 0 Å². The average molecular weight is 310 g/mol. The molecule has 0 aliphatic carbocycles. The van der Waals surface area contributed by atoms with Crippen molar-refractivity contribution in [2.75, 3.05) is 6.54 Å². The van der Waals surface area contributed by atoms with Gasteiger partial charge in [0.05, 0.1) is 0 Å². The van der Waals surface area contributed by atoms with Gasteiger partial charge in [-0.15, -0.1) is 12.6 Å². The van der Waals surface area contributed by atoms with Crippen LogP contribution in [0.3, 0.4) is 0 Å². The minimum atomic E-state index is -0.439. The van der Waals surface area contributed by atoms with E-state index in [-0.39, 0.29) is 10.8 Å². The van der Waals surface area contributed by atoms with Gasteiger partial charge in [0.1, 0.15) is 5.82 Å². The molecular weight excluding hydrogens is 297 g/mol. The van der Waals surface area contributed by atoms with Crippen molar-refractivity contribution in [2.45, 2.75) is 11.3 Å². The van der Waals surface area contributed by atoms with Crippen molar-refractivity contribution in [1.29, 1.82) is 0 Å². The summed E-state index contributed by atoms with van der Waals surface area (Å²) in [5.74, 6) is -0.680. The van der Waals surface area contributed by atoms with Gasteiger partial charge in [-0.1, -0.05) is 23.7 Å². The van der Waals surface area contributed by atoms with Gasteiger partial charge in [0.25, 0.3) is 5.91 Å². The van der Waals surface area contributed by atoms with Crippen LogP contribution in [-0.2, 0) is 6.42 Å². The zero-order valence-electron chi connectivity index (χ0n) is 10.6. The monoisotopic (exact) mass is 309 g/mol. The van der Waals surface area contributed by atoms with Crippen molar-refractivity contribution in [2.24, 2.45) is 0 Å². The Balaban J connectivity index is 1.88. The summed E-state index contributed by atoms with van der Waals surface area (Å²) in [5, 5.41) is 3.47. The van der Waals surface area contributed by atoms with Crippen LogP contribution in [-0.4, -0.2) is 12.5 Å². The van der Waals surface area contributed by atoms with E-state index in [0.29, 0.717) is 23.6 Å². The van der Waals surface area contributed by atoms with E-state index in [1.54, 1.807) is 0 Å². The molecule has 0 aliphatic heterocycles. The second-order valence-electron chi connectivity index (χ2n) is 4.30. The predicted octanol–water partition coefficient (Wildman–Crippen LogP) is 3.74. The number of nitrogens with one attached hydrogen (secondary N) is 1. The molecule has 104 valence electrons. The molecule has 0 saturated carbocycles. The maximum absolute atomic E-state index is 13.0. The fraction of sp³-hybridized carbons (Fsp3) is 0.133. The largest absolute Gasteiger partial charge is 0.352 e. The Kier molecular flexibility index (Phi) is 5.04. The summed E-state index contributed by atoms with van der Waals surface area (Å²) in [4.78, 5) is 12.0. The third-order valence-electron chi connectivity index (χ3n) is 2.82. The van der Waals surface area contributed by atoms with Crippen LogP contribution in [0, 0.1) is 5.82 Å². The standard InChI is InChI=1S/C15H13ClFNOS/c16-12-4-1-10(2-5-12)7-8-18-15(19)11-3-6-13(17)14(20)9-11/h1-6,9,20H,7-8H2,(H,18,19). The molecular formula is C15H13ClFNOS. The third-order valence-corrected chi connectivity index (χ3v) is 3.42. The third kappa shape index (κ3) is 3.99. The molecule has 0 spiro atoms. The molecule has 1 N–H and O–H groups in total. The van der Waals surface area contributed by atoms with Gasteiger partial charge < -0.3 is 5.32 Å². The highest BCUT2D eigenvalue weighted by Gasteiger charge is 2.07. The van der Waals surface area contributed by atoms with Crippen LogP contribution in [0.15, 0.2) is 47.4 Å². The molecule has 2 rings (SSSR count). The van der Waals surface area contributed by atoms with Crippen LogP contribution in [0.2, 0.25) is 5.02 Å². The topological polar surface area (TPSA) is 29.1 Å². The molecule has 0 aromatic heterocycles. The zero-order valence-corrected chi connectivity index (χ0v) is 12.2. The first-order chi connectivity index (χ1) is 9.56. The van der Waals surface area contributed by atoms with Gasteiger partial charge >= 0.3 is 0 Å². The Morgan fingerprint density at radius 1 is 1.20 bits per heavy atom. The molecule has 20 heavy (non-hydrogen) atoms. The Morgan fingerprint density at radius 2 is 1.90 bits per heavy atom. The summed E-state index contributed by atoms with van der Waals surface area (Å²) in [6.07, 6.45) is 0.706. The fourth-order valence-electron chi connectivity index (χ4n) is 1.73. The van der Waals surface area contributed by atoms with Crippen molar-refractivity contribution >= 4 is 30.1 Å². The summed E-state index contributed by atoms with van der Waals surface area (Å²) in [7, 11) is 0. The number of carbonyl (C=O) groups excluding carboxylic acids is 1. The predicted molar refractivity (Wildman–Crippen MR) is 81.1 cm³/mol. The van der Waals surface area contributed by atoms with Crippen molar-refractivity contribution < 1.29 is 9.18 Å². The minimum absolute atomic E-state index is 0.162. The summed E-state index contributed by atoms with van der Waals surface area (Å²) in [5.41, 5.74) is 1.48. The summed E-state index contributed by atoms with van der Waals surface area (Å²) < 4.78 is 13.0. The van der Waals surface area contributed by atoms with Crippen LogP contribution < -0.4 is 5.32 Å². The van der Waals surface area contributed by atoms with Crippen molar-refractivity contribution in [3.05, 3.63) is 64.4 Å². The van der Waals surface area contributed by atoms with Crippen LogP contribution in [0.4, 0.5) is 4.39 Å². The first-order valence-electron chi connectivity index (χ1n) is 6.07. The number of hydrogen-bond acceptors (Lipinski definition) is 2. The molecule has 0 saturated heterocycles. The highest BCUT2D eigenvalue weighted by Crippen LogP contribution is 2.14. The number of benzene rings is 2. The van der Waals surface area contributed by atoms with E-state index in [4.69, 9.17) is 11.6 Å². The second-order valence-corrected chi connectivity index (χ2v) is 5.22. The molecule has 0 heterocycles. The van der Waals surface area contributed by atoms with Crippen molar-refractivity contribution in [3.8, 4) is 0 Å². The van der Waals surface area contributed by atoms with Crippen molar-refractivity contribution in [3.63, 3.8) is 0 Å². The number of thiol groups is 1. The zero-order chi connectivity index (χ0) is 14.5. The van der Waals surface area contributed by atoms with E-state index in [2.05, 4.69) is 17.9 Å². The number of amides is 1. The Labute approximate surface area is 127 Å². The van der Waals surface area contributed by atoms with Gasteiger partial charge in [-0.05, 0) is 42.3 Å². The van der Waals surface area contributed by atoms with E-state index in [1.807, 2.05) is 24.3 Å².